The molecule has 0 saturated carbocycles. The number of hydrogen-bond acceptors (Lipinski definition) is 2. The highest BCUT2D eigenvalue weighted by Crippen LogP contribution is 2.49. The number of hydrogen-bond donors (Lipinski definition) is 1. The Kier molecular flexibility index (Phi) is 4.12. The fraction of sp³-hybridized carbons (Fsp3) is 0. The molecule has 6 rings (SSSR count). The zero-order chi connectivity index (χ0) is 20.1. The Morgan fingerprint density at radius 2 is 1.57 bits per heavy atom. The highest BCUT2D eigenvalue weighted by Gasteiger charge is 2.21. The molecule has 1 aliphatic heterocycles. The van der Waals surface area contributed by atoms with E-state index in [1.54, 1.807) is 11.8 Å². The van der Waals surface area contributed by atoms with E-state index in [0.717, 1.165) is 27.0 Å². The molecule has 144 valence electrons. The maximum Gasteiger partial charge on any atom is 0.0606 e. The maximum atomic E-state index is 6.21. The summed E-state index contributed by atoms with van der Waals surface area (Å²) in [5, 5.41) is 5.66. The third-order valence-corrected chi connectivity index (χ3v) is 6.84. The minimum Gasteiger partial charge on any atom is -0.353 e. The third kappa shape index (κ3) is 2.82. The highest BCUT2D eigenvalue weighted by molar-refractivity contribution is 7.99. The molecule has 1 N–H and O–H groups in total. The van der Waals surface area contributed by atoms with Gasteiger partial charge < -0.3 is 9.88 Å². The van der Waals surface area contributed by atoms with E-state index in [2.05, 4.69) is 94.9 Å². The van der Waals surface area contributed by atoms with Crippen molar-refractivity contribution in [1.82, 2.24) is 4.57 Å². The molecule has 0 unspecified atom stereocenters. The summed E-state index contributed by atoms with van der Waals surface area (Å²) in [6.07, 6.45) is 2.25. The molecule has 4 heteroatoms. The van der Waals surface area contributed by atoms with Crippen LogP contribution in [-0.4, -0.2) is 4.57 Å². The molecule has 5 aromatic rings. The number of para-hydroxylation sites is 3. The quantitative estimate of drug-likeness (QED) is 0.302. The molecule has 1 aromatic heterocycles. The second kappa shape index (κ2) is 6.98. The van der Waals surface area contributed by atoms with E-state index in [-0.39, 0.29) is 0 Å². The van der Waals surface area contributed by atoms with Crippen molar-refractivity contribution in [2.45, 2.75) is 9.79 Å². The molecule has 0 spiro atoms. The largest absolute Gasteiger partial charge is 0.353 e. The molecule has 0 bridgehead atoms. The monoisotopic (exact) mass is 424 g/mol. The van der Waals surface area contributed by atoms with Crippen LogP contribution in [0, 0.1) is 0 Å². The molecule has 0 amide bonds. The van der Waals surface area contributed by atoms with Gasteiger partial charge >= 0.3 is 0 Å². The van der Waals surface area contributed by atoms with Crippen LogP contribution in [0.15, 0.2) is 107 Å². The molecular weight excluding hydrogens is 408 g/mol. The molecule has 0 atom stereocenters. The van der Waals surface area contributed by atoms with Crippen molar-refractivity contribution in [1.29, 1.82) is 0 Å². The van der Waals surface area contributed by atoms with Crippen LogP contribution in [0.2, 0.25) is 5.02 Å². The number of fused-ring (bicyclic) bond motifs is 3. The Morgan fingerprint density at radius 3 is 2.47 bits per heavy atom. The molecule has 2 heterocycles. The minimum absolute atomic E-state index is 0.758. The Labute approximate surface area is 184 Å². The van der Waals surface area contributed by atoms with Crippen molar-refractivity contribution in [2.24, 2.45) is 0 Å². The number of nitrogens with one attached hydrogen (secondary N) is 1. The number of halogens is 1. The van der Waals surface area contributed by atoms with Gasteiger partial charge in [0, 0.05) is 43.2 Å². The van der Waals surface area contributed by atoms with Crippen LogP contribution in [0.1, 0.15) is 0 Å². The molecule has 0 saturated heterocycles. The van der Waals surface area contributed by atoms with Gasteiger partial charge in [-0.25, -0.2) is 0 Å². The van der Waals surface area contributed by atoms with Crippen molar-refractivity contribution >= 4 is 45.6 Å². The summed E-state index contributed by atoms with van der Waals surface area (Å²) < 4.78 is 2.27. The maximum absolute atomic E-state index is 6.21. The third-order valence-electron chi connectivity index (χ3n) is 5.49. The van der Waals surface area contributed by atoms with Crippen molar-refractivity contribution in [3.05, 3.63) is 102 Å². The number of nitrogens with zero attached hydrogens (tertiary/aromatic N) is 1. The Bertz CT molecular complexity index is 1410. The van der Waals surface area contributed by atoms with Crippen molar-refractivity contribution in [2.75, 3.05) is 5.32 Å². The standard InChI is InChI=1S/C26H17ClN2S/c27-17-13-14-22-25(15-17)30-24-12-6-10-20(26(24)28-22)21-16-29(18-7-2-1-3-8-18)23-11-5-4-9-19(21)23/h1-16,28H. The Hall–Kier alpha value is -3.14. The summed E-state index contributed by atoms with van der Waals surface area (Å²) in [5.74, 6) is 0. The molecule has 1 aliphatic rings. The SMILES string of the molecule is Clc1ccc2c(c1)Sc1cccc(-c3cn(-c4ccccc4)c4ccccc34)c1N2. The van der Waals surface area contributed by atoms with Crippen LogP contribution in [0.25, 0.3) is 27.7 Å². The van der Waals surface area contributed by atoms with Crippen molar-refractivity contribution < 1.29 is 0 Å². The van der Waals surface area contributed by atoms with E-state index in [1.807, 2.05) is 12.1 Å². The van der Waals surface area contributed by atoms with Gasteiger partial charge in [0.15, 0.2) is 0 Å². The van der Waals surface area contributed by atoms with Gasteiger partial charge in [-0.15, -0.1) is 0 Å². The smallest absolute Gasteiger partial charge is 0.0606 e. The van der Waals surface area contributed by atoms with Crippen molar-refractivity contribution in [3.8, 4) is 16.8 Å². The molecule has 0 radical (unpaired) electrons. The first-order valence-electron chi connectivity index (χ1n) is 9.81. The van der Waals surface area contributed by atoms with Crippen molar-refractivity contribution in [3.63, 3.8) is 0 Å². The summed E-state index contributed by atoms with van der Waals surface area (Å²) in [7, 11) is 0. The van der Waals surface area contributed by atoms with E-state index in [0.29, 0.717) is 0 Å². The normalized spacial score (nSPS) is 12.3. The van der Waals surface area contributed by atoms with E-state index >= 15 is 0 Å². The molecule has 0 aliphatic carbocycles. The molecule has 4 aromatic carbocycles. The molecule has 0 fully saturated rings. The summed E-state index contributed by atoms with van der Waals surface area (Å²) >= 11 is 7.97. The Balaban J connectivity index is 1.56. The van der Waals surface area contributed by atoms with Crippen LogP contribution in [0.5, 0.6) is 0 Å². The lowest BCUT2D eigenvalue weighted by molar-refractivity contribution is 1.13. The second-order valence-corrected chi connectivity index (χ2v) is 8.83. The van der Waals surface area contributed by atoms with Crippen LogP contribution >= 0.6 is 23.4 Å². The van der Waals surface area contributed by atoms with E-state index in [1.165, 1.54) is 26.9 Å². The van der Waals surface area contributed by atoms with Gasteiger partial charge in [-0.1, -0.05) is 71.9 Å². The second-order valence-electron chi connectivity index (χ2n) is 7.31. The van der Waals surface area contributed by atoms with Crippen LogP contribution < -0.4 is 5.32 Å². The lowest BCUT2D eigenvalue weighted by Gasteiger charge is -2.23. The summed E-state index contributed by atoms with van der Waals surface area (Å²) in [5.41, 5.74) is 7.02. The zero-order valence-electron chi connectivity index (χ0n) is 16.0. The summed E-state index contributed by atoms with van der Waals surface area (Å²) in [6, 6.07) is 31.6. The molecular formula is C26H17ClN2S. The predicted molar refractivity (Wildman–Crippen MR) is 128 cm³/mol. The number of rotatable bonds is 2. The average Bonchev–Trinajstić information content (AvgIpc) is 3.17. The first-order valence-corrected chi connectivity index (χ1v) is 11.0. The topological polar surface area (TPSA) is 17.0 Å². The van der Waals surface area contributed by atoms with Gasteiger partial charge in [-0.3, -0.25) is 0 Å². The van der Waals surface area contributed by atoms with Gasteiger partial charge in [0.25, 0.3) is 0 Å². The van der Waals surface area contributed by atoms with Gasteiger partial charge in [0.2, 0.25) is 0 Å². The Morgan fingerprint density at radius 1 is 0.733 bits per heavy atom. The average molecular weight is 425 g/mol. The van der Waals surface area contributed by atoms with Gasteiger partial charge in [-0.2, -0.15) is 0 Å². The first-order chi connectivity index (χ1) is 14.8. The highest BCUT2D eigenvalue weighted by atomic mass is 35.5. The fourth-order valence-corrected chi connectivity index (χ4v) is 5.40. The van der Waals surface area contributed by atoms with E-state index in [9.17, 15) is 0 Å². The van der Waals surface area contributed by atoms with Crippen LogP contribution in [0.4, 0.5) is 11.4 Å². The number of anilines is 2. The van der Waals surface area contributed by atoms with E-state index in [4.69, 9.17) is 11.6 Å². The lowest BCUT2D eigenvalue weighted by atomic mass is 10.0. The minimum atomic E-state index is 0.758. The van der Waals surface area contributed by atoms with E-state index < -0.39 is 0 Å². The van der Waals surface area contributed by atoms with Gasteiger partial charge in [-0.05, 0) is 42.5 Å². The summed E-state index contributed by atoms with van der Waals surface area (Å²) in [6.45, 7) is 0. The molecule has 30 heavy (non-hydrogen) atoms. The van der Waals surface area contributed by atoms with Crippen LogP contribution in [-0.2, 0) is 0 Å². The van der Waals surface area contributed by atoms with Gasteiger partial charge in [0.05, 0.1) is 16.9 Å². The van der Waals surface area contributed by atoms with Crippen LogP contribution in [0.3, 0.4) is 0 Å². The predicted octanol–water partition coefficient (Wildman–Crippen LogP) is 8.16. The number of benzene rings is 4. The zero-order valence-corrected chi connectivity index (χ0v) is 17.5. The fourth-order valence-electron chi connectivity index (χ4n) is 4.10. The summed E-state index contributed by atoms with van der Waals surface area (Å²) in [4.78, 5) is 2.36. The lowest BCUT2D eigenvalue weighted by Crippen LogP contribution is -2.01. The van der Waals surface area contributed by atoms with Gasteiger partial charge in [0.1, 0.15) is 0 Å². The first kappa shape index (κ1) is 17.7. The molecule has 2 nitrogen and oxygen atoms in total. The number of aromatic nitrogens is 1.